The molecule has 10 heteroatoms. The lowest BCUT2D eigenvalue weighted by atomic mass is 9.44. The van der Waals surface area contributed by atoms with Crippen LogP contribution in [0.15, 0.2) is 29.0 Å². The minimum Gasteiger partial charge on any atom is -0.461 e. The van der Waals surface area contributed by atoms with Crippen molar-refractivity contribution in [3.63, 3.8) is 0 Å². The van der Waals surface area contributed by atoms with Crippen LogP contribution in [-0.4, -0.2) is 64.9 Å². The van der Waals surface area contributed by atoms with Crippen molar-refractivity contribution in [2.75, 3.05) is 13.2 Å². The number of halogens is 1. The summed E-state index contributed by atoms with van der Waals surface area (Å²) in [6.45, 7) is 5.79. The van der Waals surface area contributed by atoms with Crippen LogP contribution in [0, 0.1) is 28.6 Å². The average molecular weight is 518 g/mol. The molecule has 200 valence electrons. The smallest absolute Gasteiger partial charge is 0.356 e. The van der Waals surface area contributed by atoms with Crippen LogP contribution in [0.25, 0.3) is 0 Å². The van der Waals surface area contributed by atoms with E-state index in [1.165, 1.54) is 19.1 Å². The first-order valence-corrected chi connectivity index (χ1v) is 12.8. The fourth-order valence-electron chi connectivity index (χ4n) is 8.12. The molecule has 3 fully saturated rings. The van der Waals surface area contributed by atoms with Gasteiger partial charge in [-0.25, -0.2) is 9.18 Å². The maximum Gasteiger partial charge on any atom is 0.356 e. The van der Waals surface area contributed by atoms with Crippen LogP contribution < -0.4 is 0 Å². The van der Waals surface area contributed by atoms with Gasteiger partial charge in [0, 0.05) is 23.7 Å². The van der Waals surface area contributed by atoms with Gasteiger partial charge in [-0.15, -0.1) is 0 Å². The standard InChI is InChI=1S/C27H32FNO8/c1-5-35-23(34)22-19-11-18-17-7-6-15-10-16(31)8-9-24(15,3)26(17,28)20(32)12-25(18,4)27(19,37-29-22)21(33)13-36-14(2)30/h8-10,17-20,32H,5-7,11-13H2,1-4H3/t17-,18-,19-,20-,24-,25-,26-,27-/m0/s1. The molecule has 0 aromatic rings. The molecule has 0 saturated heterocycles. The summed E-state index contributed by atoms with van der Waals surface area (Å²) in [5.74, 6) is -4.21. The topological polar surface area (TPSA) is 129 Å². The SMILES string of the molecule is CCOC(=O)C1=NO[C@]2(C(=O)COC(C)=O)[C@H]1C[C@H]1[C@@H]3CCC4=CC(=O)C=C[C@]4(C)[C@@]3(F)[C@@H](O)C[C@@]12C. The Hall–Kier alpha value is -2.88. The van der Waals surface area contributed by atoms with Gasteiger partial charge in [0.15, 0.2) is 23.8 Å². The average Bonchev–Trinajstić information content (AvgIpc) is 3.33. The van der Waals surface area contributed by atoms with Crippen molar-refractivity contribution in [1.82, 2.24) is 0 Å². The van der Waals surface area contributed by atoms with Gasteiger partial charge in [-0.1, -0.05) is 23.7 Å². The molecule has 0 unspecified atom stereocenters. The Morgan fingerprint density at radius 2 is 1.97 bits per heavy atom. The molecule has 0 amide bonds. The number of allylic oxidation sites excluding steroid dienone is 4. The number of ether oxygens (including phenoxy) is 2. The maximum atomic E-state index is 17.4. The summed E-state index contributed by atoms with van der Waals surface area (Å²) >= 11 is 0. The second kappa shape index (κ2) is 8.31. The zero-order chi connectivity index (χ0) is 27.0. The summed E-state index contributed by atoms with van der Waals surface area (Å²) in [6.07, 6.45) is 3.73. The normalized spacial score (nSPS) is 43.4. The molecule has 1 heterocycles. The highest BCUT2D eigenvalue weighted by molar-refractivity contribution is 6.38. The van der Waals surface area contributed by atoms with Gasteiger partial charge in [0.25, 0.3) is 0 Å². The first-order chi connectivity index (χ1) is 17.4. The molecular formula is C27H32FNO8. The molecule has 9 nitrogen and oxygen atoms in total. The van der Waals surface area contributed by atoms with Gasteiger partial charge < -0.3 is 19.4 Å². The number of hydrogen-bond donors (Lipinski definition) is 1. The predicted molar refractivity (Wildman–Crippen MR) is 127 cm³/mol. The third-order valence-corrected chi connectivity index (χ3v) is 9.78. The van der Waals surface area contributed by atoms with Crippen LogP contribution in [0.4, 0.5) is 4.39 Å². The molecule has 37 heavy (non-hydrogen) atoms. The Labute approximate surface area is 214 Å². The van der Waals surface area contributed by atoms with Gasteiger partial charge in [0.2, 0.25) is 11.4 Å². The number of rotatable bonds is 5. The van der Waals surface area contributed by atoms with E-state index in [1.54, 1.807) is 26.8 Å². The summed E-state index contributed by atoms with van der Waals surface area (Å²) < 4.78 is 27.6. The Bertz CT molecular complexity index is 1180. The lowest BCUT2D eigenvalue weighted by Gasteiger charge is -2.62. The molecule has 0 spiro atoms. The number of carbonyl (C=O) groups excluding carboxylic acids is 4. The van der Waals surface area contributed by atoms with E-state index in [-0.39, 0.29) is 30.9 Å². The number of ketones is 2. The monoisotopic (exact) mass is 517 g/mol. The molecule has 8 atom stereocenters. The largest absolute Gasteiger partial charge is 0.461 e. The summed E-state index contributed by atoms with van der Waals surface area (Å²) in [5.41, 5.74) is -5.58. The number of Topliss-reactive ketones (excluding diaryl/α,β-unsaturated/α-hetero) is 1. The molecule has 1 aliphatic heterocycles. The van der Waals surface area contributed by atoms with E-state index >= 15 is 4.39 Å². The highest BCUT2D eigenvalue weighted by atomic mass is 19.1. The highest BCUT2D eigenvalue weighted by Gasteiger charge is 2.80. The molecule has 1 N–H and O–H groups in total. The van der Waals surface area contributed by atoms with Gasteiger partial charge in [-0.2, -0.15) is 0 Å². The molecule has 5 rings (SSSR count). The molecular weight excluding hydrogens is 485 g/mol. The third kappa shape index (κ3) is 3.14. The number of nitrogens with zero attached hydrogens (tertiary/aromatic N) is 1. The molecule has 5 aliphatic rings. The van der Waals surface area contributed by atoms with Crippen molar-refractivity contribution < 1.29 is 43.0 Å². The van der Waals surface area contributed by atoms with Crippen LogP contribution in [0.3, 0.4) is 0 Å². The number of carbonyl (C=O) groups is 4. The van der Waals surface area contributed by atoms with Crippen molar-refractivity contribution in [1.29, 1.82) is 0 Å². The summed E-state index contributed by atoms with van der Waals surface area (Å²) in [6, 6.07) is 0. The summed E-state index contributed by atoms with van der Waals surface area (Å²) in [4.78, 5) is 56.0. The molecule has 0 radical (unpaired) electrons. The molecule has 3 saturated carbocycles. The van der Waals surface area contributed by atoms with Crippen LogP contribution >= 0.6 is 0 Å². The minimum atomic E-state index is -2.11. The molecule has 0 bridgehead atoms. The van der Waals surface area contributed by atoms with Gasteiger partial charge >= 0.3 is 11.9 Å². The van der Waals surface area contributed by atoms with Crippen LogP contribution in [0.5, 0.6) is 0 Å². The van der Waals surface area contributed by atoms with E-state index in [2.05, 4.69) is 5.16 Å². The number of oxime groups is 1. The Kier molecular flexibility index (Phi) is 5.79. The quantitative estimate of drug-likeness (QED) is 0.551. The molecule has 0 aromatic heterocycles. The van der Waals surface area contributed by atoms with E-state index in [9.17, 15) is 24.3 Å². The fourth-order valence-corrected chi connectivity index (χ4v) is 8.12. The minimum absolute atomic E-state index is 0.0571. The number of esters is 2. The van der Waals surface area contributed by atoms with Gasteiger partial charge in [0.1, 0.15) is 0 Å². The van der Waals surface area contributed by atoms with Gasteiger partial charge in [-0.3, -0.25) is 14.4 Å². The van der Waals surface area contributed by atoms with E-state index in [1.807, 2.05) is 0 Å². The van der Waals surface area contributed by atoms with Crippen molar-refractivity contribution in [3.8, 4) is 0 Å². The second-order valence-corrected chi connectivity index (χ2v) is 11.3. The van der Waals surface area contributed by atoms with Crippen LogP contribution in [0.1, 0.15) is 53.4 Å². The predicted octanol–water partition coefficient (Wildman–Crippen LogP) is 2.40. The first kappa shape index (κ1) is 25.8. The van der Waals surface area contributed by atoms with E-state index in [0.29, 0.717) is 18.4 Å². The zero-order valence-electron chi connectivity index (χ0n) is 21.4. The number of fused-ring (bicyclic) bond motifs is 7. The maximum absolute atomic E-state index is 17.4. The van der Waals surface area contributed by atoms with Crippen molar-refractivity contribution >= 4 is 29.2 Å². The Balaban J connectivity index is 1.61. The summed E-state index contributed by atoms with van der Waals surface area (Å²) in [5, 5.41) is 15.5. The number of hydrogen-bond acceptors (Lipinski definition) is 9. The van der Waals surface area contributed by atoms with E-state index in [4.69, 9.17) is 14.3 Å². The fraction of sp³-hybridized carbons (Fsp3) is 0.667. The van der Waals surface area contributed by atoms with Crippen LogP contribution in [0.2, 0.25) is 0 Å². The molecule has 4 aliphatic carbocycles. The van der Waals surface area contributed by atoms with E-state index in [0.717, 1.165) is 0 Å². The second-order valence-electron chi connectivity index (χ2n) is 11.3. The molecule has 0 aromatic carbocycles. The highest BCUT2D eigenvalue weighted by Crippen LogP contribution is 2.72. The lowest BCUT2D eigenvalue weighted by molar-refractivity contribution is -0.225. The van der Waals surface area contributed by atoms with Crippen molar-refractivity contribution in [2.45, 2.75) is 70.8 Å². The van der Waals surface area contributed by atoms with E-state index < -0.39 is 70.3 Å². The number of aliphatic hydroxyl groups is 1. The van der Waals surface area contributed by atoms with Gasteiger partial charge in [0.05, 0.1) is 18.6 Å². The van der Waals surface area contributed by atoms with Gasteiger partial charge in [-0.05, 0) is 57.6 Å². The third-order valence-electron chi connectivity index (χ3n) is 9.78. The van der Waals surface area contributed by atoms with Crippen molar-refractivity contribution in [2.24, 2.45) is 33.7 Å². The number of aliphatic hydroxyl groups excluding tert-OH is 1. The summed E-state index contributed by atoms with van der Waals surface area (Å²) in [7, 11) is 0. The Morgan fingerprint density at radius 1 is 1.24 bits per heavy atom. The Morgan fingerprint density at radius 3 is 2.65 bits per heavy atom. The first-order valence-electron chi connectivity index (χ1n) is 12.8. The number of alkyl halides is 1. The zero-order valence-corrected chi connectivity index (χ0v) is 21.4. The lowest BCUT2D eigenvalue weighted by Crippen LogP contribution is -2.69. The van der Waals surface area contributed by atoms with Crippen molar-refractivity contribution in [3.05, 3.63) is 23.8 Å². The van der Waals surface area contributed by atoms with Crippen LogP contribution in [-0.2, 0) is 33.5 Å².